The average Bonchev–Trinajstić information content (AvgIpc) is 2.96. The second kappa shape index (κ2) is 7.36. The van der Waals surface area contributed by atoms with Crippen LogP contribution in [-0.2, 0) is 10.0 Å². The summed E-state index contributed by atoms with van der Waals surface area (Å²) in [6, 6.07) is 11.3. The molecule has 0 radical (unpaired) electrons. The first-order valence-electron chi connectivity index (χ1n) is 8.51. The van der Waals surface area contributed by atoms with Crippen molar-refractivity contribution >= 4 is 27.3 Å². The summed E-state index contributed by atoms with van der Waals surface area (Å²) in [5.41, 5.74) is 3.00. The molecule has 0 fully saturated rings. The topological polar surface area (TPSA) is 113 Å². The lowest BCUT2D eigenvalue weighted by atomic mass is 10.0. The van der Waals surface area contributed by atoms with E-state index in [4.69, 9.17) is 0 Å². The third-order valence-corrected chi connectivity index (χ3v) is 5.70. The number of nitrogens with zero attached hydrogens (tertiary/aromatic N) is 3. The van der Waals surface area contributed by atoms with Gasteiger partial charge in [0.25, 0.3) is 10.0 Å². The van der Waals surface area contributed by atoms with Crippen LogP contribution in [0.25, 0.3) is 0 Å². The molecule has 0 atom stereocenters. The van der Waals surface area contributed by atoms with Gasteiger partial charge >= 0.3 is 0 Å². The monoisotopic (exact) mass is 386 g/mol. The van der Waals surface area contributed by atoms with Gasteiger partial charge in [-0.2, -0.15) is 5.10 Å². The Bertz CT molecular complexity index is 1010. The van der Waals surface area contributed by atoms with Crippen molar-refractivity contribution in [2.45, 2.75) is 38.5 Å². The van der Waals surface area contributed by atoms with Crippen LogP contribution in [0.1, 0.15) is 36.7 Å². The lowest BCUT2D eigenvalue weighted by Gasteiger charge is -2.10. The van der Waals surface area contributed by atoms with Gasteiger partial charge in [0.1, 0.15) is 4.90 Å². The quantitative estimate of drug-likeness (QED) is 0.598. The number of anilines is 3. The van der Waals surface area contributed by atoms with Gasteiger partial charge < -0.3 is 5.32 Å². The number of hydrogen-bond acceptors (Lipinski definition) is 6. The Balaban J connectivity index is 1.72. The van der Waals surface area contributed by atoms with Crippen molar-refractivity contribution in [3.63, 3.8) is 0 Å². The summed E-state index contributed by atoms with van der Waals surface area (Å²) in [6.45, 7) is 7.56. The van der Waals surface area contributed by atoms with Crippen molar-refractivity contribution in [3.05, 3.63) is 53.3 Å². The molecule has 3 rings (SSSR count). The first-order valence-corrected chi connectivity index (χ1v) is 9.99. The van der Waals surface area contributed by atoms with Crippen molar-refractivity contribution in [2.24, 2.45) is 0 Å². The van der Waals surface area contributed by atoms with E-state index in [-0.39, 0.29) is 10.7 Å². The summed E-state index contributed by atoms with van der Waals surface area (Å²) in [6.07, 6.45) is 0. The third kappa shape index (κ3) is 4.25. The zero-order valence-electron chi connectivity index (χ0n) is 15.6. The molecule has 0 bridgehead atoms. The van der Waals surface area contributed by atoms with E-state index in [9.17, 15) is 8.42 Å². The minimum absolute atomic E-state index is 0.122. The largest absolute Gasteiger partial charge is 0.339 e. The van der Waals surface area contributed by atoms with Crippen LogP contribution < -0.4 is 10.0 Å². The fourth-order valence-electron chi connectivity index (χ4n) is 2.68. The van der Waals surface area contributed by atoms with Gasteiger partial charge in [0.05, 0.1) is 11.4 Å². The smallest absolute Gasteiger partial charge is 0.266 e. The van der Waals surface area contributed by atoms with Crippen molar-refractivity contribution in [3.8, 4) is 0 Å². The van der Waals surface area contributed by atoms with Gasteiger partial charge in [-0.1, -0.05) is 26.0 Å². The van der Waals surface area contributed by atoms with E-state index >= 15 is 0 Å². The molecule has 27 heavy (non-hydrogen) atoms. The average molecular weight is 386 g/mol. The van der Waals surface area contributed by atoms with E-state index < -0.39 is 10.0 Å². The van der Waals surface area contributed by atoms with Gasteiger partial charge in [-0.15, -0.1) is 10.2 Å². The van der Waals surface area contributed by atoms with Crippen molar-refractivity contribution in [1.29, 1.82) is 0 Å². The van der Waals surface area contributed by atoms with Crippen LogP contribution in [0.15, 0.2) is 41.3 Å². The molecule has 1 aromatic carbocycles. The summed E-state index contributed by atoms with van der Waals surface area (Å²) < 4.78 is 27.4. The summed E-state index contributed by atoms with van der Waals surface area (Å²) in [5, 5.41) is 17.7. The van der Waals surface area contributed by atoms with Crippen molar-refractivity contribution in [1.82, 2.24) is 20.4 Å². The Labute approximate surface area is 158 Å². The first-order chi connectivity index (χ1) is 12.8. The van der Waals surface area contributed by atoms with E-state index in [0.29, 0.717) is 23.1 Å². The second-order valence-corrected chi connectivity index (χ2v) is 8.19. The molecule has 3 aromatic rings. The predicted octanol–water partition coefficient (Wildman–Crippen LogP) is 3.48. The molecule has 0 saturated heterocycles. The number of aromatic amines is 1. The molecular weight excluding hydrogens is 364 g/mol. The molecule has 0 aliphatic heterocycles. The van der Waals surface area contributed by atoms with Gasteiger partial charge in [-0.3, -0.25) is 9.82 Å². The maximum absolute atomic E-state index is 12.5. The summed E-state index contributed by atoms with van der Waals surface area (Å²) in [5.74, 6) is 1.12. The molecule has 142 valence electrons. The van der Waals surface area contributed by atoms with Crippen molar-refractivity contribution < 1.29 is 8.42 Å². The van der Waals surface area contributed by atoms with Crippen LogP contribution in [0.4, 0.5) is 17.3 Å². The number of sulfonamides is 1. The standard InChI is InChI=1S/C18H22N6O2S/c1-11(2)14-5-7-15(8-6-14)19-16-9-10-17(23-22-16)24-27(25,26)18-12(3)20-21-13(18)4/h5-11H,1-4H3,(H,19,22)(H,20,21)(H,23,24). The number of nitrogens with one attached hydrogen (secondary N) is 3. The molecular formula is C18H22N6O2S. The van der Waals surface area contributed by atoms with E-state index in [1.807, 2.05) is 12.1 Å². The molecule has 9 heteroatoms. The minimum Gasteiger partial charge on any atom is -0.339 e. The summed E-state index contributed by atoms with van der Waals surface area (Å²) in [4.78, 5) is 0.122. The molecule has 3 N–H and O–H groups in total. The fraction of sp³-hybridized carbons (Fsp3) is 0.278. The molecule has 2 aromatic heterocycles. The number of aromatic nitrogens is 4. The van der Waals surface area contributed by atoms with Gasteiger partial charge in [0.2, 0.25) is 0 Å². The minimum atomic E-state index is -3.78. The highest BCUT2D eigenvalue weighted by atomic mass is 32.2. The number of aryl methyl sites for hydroxylation is 2. The number of rotatable bonds is 6. The van der Waals surface area contributed by atoms with Crippen molar-refractivity contribution in [2.75, 3.05) is 10.0 Å². The van der Waals surface area contributed by atoms with Gasteiger partial charge in [-0.05, 0) is 49.6 Å². The molecule has 0 aliphatic rings. The molecule has 0 aliphatic carbocycles. The first kappa shape index (κ1) is 18.8. The van der Waals surface area contributed by atoms with Crippen LogP contribution in [0.5, 0.6) is 0 Å². The maximum atomic E-state index is 12.5. The number of benzene rings is 1. The normalized spacial score (nSPS) is 11.6. The Hall–Kier alpha value is -2.94. The Morgan fingerprint density at radius 1 is 0.963 bits per heavy atom. The highest BCUT2D eigenvalue weighted by molar-refractivity contribution is 7.92. The zero-order valence-corrected chi connectivity index (χ0v) is 16.4. The number of H-pyrrole nitrogens is 1. The van der Waals surface area contributed by atoms with E-state index in [0.717, 1.165) is 5.69 Å². The Morgan fingerprint density at radius 2 is 1.59 bits per heavy atom. The molecule has 2 heterocycles. The second-order valence-electron chi connectivity index (χ2n) is 6.57. The third-order valence-electron chi connectivity index (χ3n) is 4.08. The lowest BCUT2D eigenvalue weighted by molar-refractivity contribution is 0.600. The summed E-state index contributed by atoms with van der Waals surface area (Å²) in [7, 11) is -3.78. The van der Waals surface area contributed by atoms with E-state index in [1.54, 1.807) is 26.0 Å². The van der Waals surface area contributed by atoms with E-state index in [1.165, 1.54) is 5.56 Å². The Morgan fingerprint density at radius 3 is 2.11 bits per heavy atom. The van der Waals surface area contributed by atoms with Gasteiger partial charge in [0, 0.05) is 5.69 Å². The molecule has 0 spiro atoms. The highest BCUT2D eigenvalue weighted by Gasteiger charge is 2.22. The fourth-order valence-corrected chi connectivity index (χ4v) is 4.05. The van der Waals surface area contributed by atoms with Crippen LogP contribution in [0.2, 0.25) is 0 Å². The Kier molecular flexibility index (Phi) is 5.13. The molecule has 0 saturated carbocycles. The predicted molar refractivity (Wildman–Crippen MR) is 105 cm³/mol. The van der Waals surface area contributed by atoms with Gasteiger partial charge in [0.15, 0.2) is 11.6 Å². The molecule has 8 nitrogen and oxygen atoms in total. The van der Waals surface area contributed by atoms with Crippen LogP contribution in [0.3, 0.4) is 0 Å². The number of hydrogen-bond donors (Lipinski definition) is 3. The molecule has 0 amide bonds. The summed E-state index contributed by atoms with van der Waals surface area (Å²) >= 11 is 0. The highest BCUT2D eigenvalue weighted by Crippen LogP contribution is 2.22. The van der Waals surface area contributed by atoms with Crippen LogP contribution in [-0.4, -0.2) is 28.8 Å². The van der Waals surface area contributed by atoms with Crippen LogP contribution >= 0.6 is 0 Å². The van der Waals surface area contributed by atoms with E-state index in [2.05, 4.69) is 56.4 Å². The zero-order chi connectivity index (χ0) is 19.6. The lowest BCUT2D eigenvalue weighted by Crippen LogP contribution is -2.16. The van der Waals surface area contributed by atoms with Crippen LogP contribution in [0, 0.1) is 13.8 Å². The maximum Gasteiger partial charge on any atom is 0.266 e. The SMILES string of the molecule is Cc1n[nH]c(C)c1S(=O)(=O)Nc1ccc(Nc2ccc(C(C)C)cc2)nn1. The van der Waals surface area contributed by atoms with Gasteiger partial charge in [-0.25, -0.2) is 8.42 Å². The molecule has 0 unspecified atom stereocenters.